The fourth-order valence-corrected chi connectivity index (χ4v) is 3.05. The lowest BCUT2D eigenvalue weighted by Gasteiger charge is -2.07. The van der Waals surface area contributed by atoms with Gasteiger partial charge in [0.05, 0.1) is 0 Å². The van der Waals surface area contributed by atoms with Gasteiger partial charge < -0.3 is 15.8 Å². The van der Waals surface area contributed by atoms with E-state index in [-0.39, 0.29) is 12.5 Å². The highest BCUT2D eigenvalue weighted by Gasteiger charge is 2.12. The van der Waals surface area contributed by atoms with Crippen molar-refractivity contribution in [1.29, 1.82) is 0 Å². The summed E-state index contributed by atoms with van der Waals surface area (Å²) in [6.07, 6.45) is 0. The van der Waals surface area contributed by atoms with Gasteiger partial charge in [-0.3, -0.25) is 9.59 Å². The fourth-order valence-electron chi connectivity index (χ4n) is 2.12. The first-order valence-electron chi connectivity index (χ1n) is 7.55. The van der Waals surface area contributed by atoms with Crippen LogP contribution in [0.25, 0.3) is 10.6 Å². The molecule has 2 aromatic carbocycles. The molecular formula is C18H14ClN3O3S. The van der Waals surface area contributed by atoms with Crippen LogP contribution in [-0.4, -0.2) is 23.4 Å². The molecule has 0 fully saturated rings. The van der Waals surface area contributed by atoms with Crippen LogP contribution in [0.15, 0.2) is 53.9 Å². The molecule has 0 saturated carbocycles. The maximum Gasteiger partial charge on any atom is 0.275 e. The summed E-state index contributed by atoms with van der Waals surface area (Å²) in [5, 5.41) is 5.80. The van der Waals surface area contributed by atoms with Crippen LogP contribution in [0.5, 0.6) is 5.75 Å². The third-order valence-electron chi connectivity index (χ3n) is 3.30. The van der Waals surface area contributed by atoms with E-state index in [4.69, 9.17) is 22.1 Å². The average Bonchev–Trinajstić information content (AvgIpc) is 3.11. The summed E-state index contributed by atoms with van der Waals surface area (Å²) < 4.78 is 5.22. The van der Waals surface area contributed by atoms with Crippen molar-refractivity contribution in [2.45, 2.75) is 0 Å². The highest BCUT2D eigenvalue weighted by molar-refractivity contribution is 7.13. The molecule has 0 radical (unpaired) electrons. The van der Waals surface area contributed by atoms with E-state index in [1.807, 2.05) is 12.1 Å². The number of nitrogens with two attached hydrogens (primary N) is 1. The molecule has 2 amide bonds. The number of ether oxygens (including phenoxy) is 1. The maximum atomic E-state index is 12.4. The van der Waals surface area contributed by atoms with E-state index in [9.17, 15) is 9.59 Å². The lowest BCUT2D eigenvalue weighted by molar-refractivity contribution is -0.119. The second kappa shape index (κ2) is 7.99. The number of nitrogens with one attached hydrogen (secondary N) is 1. The van der Waals surface area contributed by atoms with Crippen LogP contribution in [0.3, 0.4) is 0 Å². The van der Waals surface area contributed by atoms with Gasteiger partial charge in [-0.25, -0.2) is 4.98 Å². The van der Waals surface area contributed by atoms with E-state index in [1.165, 1.54) is 11.3 Å². The summed E-state index contributed by atoms with van der Waals surface area (Å²) in [6, 6.07) is 13.9. The third kappa shape index (κ3) is 4.59. The summed E-state index contributed by atoms with van der Waals surface area (Å²) in [5.74, 6) is -0.480. The van der Waals surface area contributed by atoms with Crippen molar-refractivity contribution in [1.82, 2.24) is 4.98 Å². The van der Waals surface area contributed by atoms with E-state index in [1.54, 1.807) is 41.8 Å². The number of amides is 2. The first-order valence-corrected chi connectivity index (χ1v) is 8.81. The van der Waals surface area contributed by atoms with Gasteiger partial charge in [0.25, 0.3) is 11.8 Å². The number of halogens is 1. The largest absolute Gasteiger partial charge is 0.484 e. The van der Waals surface area contributed by atoms with Crippen LogP contribution in [0.4, 0.5) is 5.69 Å². The standard InChI is InChI=1S/C18H14ClN3O3S/c19-12-6-4-11(5-7-12)18-22-15(10-26-18)17(24)21-13-2-1-3-14(8-13)25-9-16(20)23/h1-8,10H,9H2,(H2,20,23)(H,21,24). The highest BCUT2D eigenvalue weighted by atomic mass is 35.5. The highest BCUT2D eigenvalue weighted by Crippen LogP contribution is 2.26. The topological polar surface area (TPSA) is 94.3 Å². The molecule has 1 aromatic heterocycles. The van der Waals surface area contributed by atoms with Crippen molar-refractivity contribution >= 4 is 40.4 Å². The Bertz CT molecular complexity index is 941. The predicted molar refractivity (Wildman–Crippen MR) is 102 cm³/mol. The molecule has 3 aromatic rings. The molecule has 3 rings (SSSR count). The molecule has 0 atom stereocenters. The molecule has 0 aliphatic rings. The zero-order valence-corrected chi connectivity index (χ0v) is 15.0. The molecule has 0 saturated heterocycles. The number of nitrogens with zero attached hydrogens (tertiary/aromatic N) is 1. The number of hydrogen-bond acceptors (Lipinski definition) is 5. The monoisotopic (exact) mass is 387 g/mol. The quantitative estimate of drug-likeness (QED) is 0.675. The Morgan fingerprint density at radius 1 is 1.19 bits per heavy atom. The molecule has 0 bridgehead atoms. The number of rotatable bonds is 6. The van der Waals surface area contributed by atoms with Crippen LogP contribution in [0.1, 0.15) is 10.5 Å². The molecule has 0 unspecified atom stereocenters. The number of hydrogen-bond donors (Lipinski definition) is 2. The van der Waals surface area contributed by atoms with Gasteiger partial charge in [-0.1, -0.05) is 29.8 Å². The average molecular weight is 388 g/mol. The number of benzene rings is 2. The van der Waals surface area contributed by atoms with Gasteiger partial charge in [0.15, 0.2) is 6.61 Å². The van der Waals surface area contributed by atoms with E-state index in [0.29, 0.717) is 22.2 Å². The molecule has 0 aliphatic carbocycles. The van der Waals surface area contributed by atoms with E-state index >= 15 is 0 Å². The van der Waals surface area contributed by atoms with Crippen molar-refractivity contribution in [2.75, 3.05) is 11.9 Å². The van der Waals surface area contributed by atoms with Crippen LogP contribution in [-0.2, 0) is 4.79 Å². The Hall–Kier alpha value is -2.90. The lowest BCUT2D eigenvalue weighted by atomic mass is 10.2. The zero-order valence-electron chi connectivity index (χ0n) is 13.4. The minimum atomic E-state index is -0.573. The van der Waals surface area contributed by atoms with E-state index in [2.05, 4.69) is 10.3 Å². The van der Waals surface area contributed by atoms with Gasteiger partial charge >= 0.3 is 0 Å². The summed E-state index contributed by atoms with van der Waals surface area (Å²) >= 11 is 7.25. The summed E-state index contributed by atoms with van der Waals surface area (Å²) in [7, 11) is 0. The van der Waals surface area contributed by atoms with Crippen molar-refractivity contribution in [2.24, 2.45) is 5.73 Å². The van der Waals surface area contributed by atoms with E-state index in [0.717, 1.165) is 10.6 Å². The first kappa shape index (κ1) is 17.9. The molecule has 26 heavy (non-hydrogen) atoms. The number of aromatic nitrogens is 1. The van der Waals surface area contributed by atoms with Gasteiger partial charge in [-0.05, 0) is 24.3 Å². The van der Waals surface area contributed by atoms with Gasteiger partial charge in [0, 0.05) is 27.7 Å². The predicted octanol–water partition coefficient (Wildman–Crippen LogP) is 3.58. The fraction of sp³-hybridized carbons (Fsp3) is 0.0556. The first-order chi connectivity index (χ1) is 12.5. The second-order valence-electron chi connectivity index (χ2n) is 5.28. The van der Waals surface area contributed by atoms with Crippen LogP contribution < -0.4 is 15.8 Å². The SMILES string of the molecule is NC(=O)COc1cccc(NC(=O)c2csc(-c3ccc(Cl)cc3)n2)c1. The third-order valence-corrected chi connectivity index (χ3v) is 4.44. The Morgan fingerprint density at radius 2 is 1.96 bits per heavy atom. The van der Waals surface area contributed by atoms with Crippen molar-refractivity contribution in [3.8, 4) is 16.3 Å². The Labute approximate surface area is 158 Å². The minimum absolute atomic E-state index is 0.228. The molecule has 0 spiro atoms. The number of carbonyl (C=O) groups is 2. The minimum Gasteiger partial charge on any atom is -0.484 e. The van der Waals surface area contributed by atoms with E-state index < -0.39 is 5.91 Å². The maximum absolute atomic E-state index is 12.4. The normalized spacial score (nSPS) is 10.3. The molecule has 8 heteroatoms. The number of primary amides is 1. The Morgan fingerprint density at radius 3 is 2.69 bits per heavy atom. The van der Waals surface area contributed by atoms with Crippen LogP contribution in [0.2, 0.25) is 5.02 Å². The second-order valence-corrected chi connectivity index (χ2v) is 6.58. The van der Waals surface area contributed by atoms with Crippen LogP contribution in [0, 0.1) is 0 Å². The molecular weight excluding hydrogens is 374 g/mol. The lowest BCUT2D eigenvalue weighted by Crippen LogP contribution is -2.20. The summed E-state index contributed by atoms with van der Waals surface area (Å²) in [5.41, 5.74) is 6.77. The summed E-state index contributed by atoms with van der Waals surface area (Å²) in [4.78, 5) is 27.5. The van der Waals surface area contributed by atoms with Gasteiger partial charge in [0.1, 0.15) is 16.5 Å². The zero-order chi connectivity index (χ0) is 18.5. The molecule has 6 nitrogen and oxygen atoms in total. The van der Waals surface area contributed by atoms with Crippen LogP contribution >= 0.6 is 22.9 Å². The number of thiazole rings is 1. The molecule has 1 heterocycles. The van der Waals surface area contributed by atoms with Gasteiger partial charge in [-0.2, -0.15) is 0 Å². The van der Waals surface area contributed by atoms with Gasteiger partial charge in [0.2, 0.25) is 0 Å². The van der Waals surface area contributed by atoms with Gasteiger partial charge in [-0.15, -0.1) is 11.3 Å². The summed E-state index contributed by atoms with van der Waals surface area (Å²) in [6.45, 7) is -0.228. The van der Waals surface area contributed by atoms with Crippen molar-refractivity contribution < 1.29 is 14.3 Å². The smallest absolute Gasteiger partial charge is 0.275 e. The number of anilines is 1. The Kier molecular flexibility index (Phi) is 5.50. The number of carbonyl (C=O) groups excluding carboxylic acids is 2. The molecule has 0 aliphatic heterocycles. The molecule has 3 N–H and O–H groups in total. The Balaban J connectivity index is 1.69. The van der Waals surface area contributed by atoms with Crippen molar-refractivity contribution in [3.63, 3.8) is 0 Å². The molecule has 132 valence electrons. The van der Waals surface area contributed by atoms with Crippen molar-refractivity contribution in [3.05, 3.63) is 64.6 Å².